The van der Waals surface area contributed by atoms with Crippen molar-refractivity contribution in [2.24, 2.45) is 5.73 Å². The van der Waals surface area contributed by atoms with Gasteiger partial charge in [0.2, 0.25) is 5.88 Å². The van der Waals surface area contributed by atoms with E-state index in [1.165, 1.54) is 0 Å². The Hall–Kier alpha value is -1.95. The standard InChI is InChI=1S/C14H15BrN4O/c1-7-4-5-10(15)6-11(7)20-14-12(13(16)17)8(2)9(3)18-19-14/h4-6H,1-3H3,(H3,16,17). The average Bonchev–Trinajstić information content (AvgIpc) is 2.38. The molecule has 1 aromatic heterocycles. The normalized spacial score (nSPS) is 10.4. The summed E-state index contributed by atoms with van der Waals surface area (Å²) < 4.78 is 6.70. The summed E-state index contributed by atoms with van der Waals surface area (Å²) in [6, 6.07) is 5.71. The van der Waals surface area contributed by atoms with Gasteiger partial charge in [-0.2, -0.15) is 5.10 Å². The van der Waals surface area contributed by atoms with Crippen LogP contribution in [-0.2, 0) is 0 Å². The van der Waals surface area contributed by atoms with Gasteiger partial charge in [0.25, 0.3) is 0 Å². The van der Waals surface area contributed by atoms with Crippen molar-refractivity contribution >= 4 is 21.8 Å². The fourth-order valence-corrected chi connectivity index (χ4v) is 2.10. The Bertz CT molecular complexity index is 685. The number of nitrogens with zero attached hydrogens (tertiary/aromatic N) is 2. The lowest BCUT2D eigenvalue weighted by Crippen LogP contribution is -2.16. The highest BCUT2D eigenvalue weighted by Crippen LogP contribution is 2.30. The molecule has 0 aliphatic carbocycles. The largest absolute Gasteiger partial charge is 0.437 e. The SMILES string of the molecule is Cc1ccc(Br)cc1Oc1nnc(C)c(C)c1C(=N)N. The second-order valence-corrected chi connectivity index (χ2v) is 5.43. The average molecular weight is 335 g/mol. The van der Waals surface area contributed by atoms with Crippen LogP contribution in [0.4, 0.5) is 0 Å². The van der Waals surface area contributed by atoms with Gasteiger partial charge in [0, 0.05) is 4.47 Å². The van der Waals surface area contributed by atoms with Gasteiger partial charge in [-0.3, -0.25) is 5.41 Å². The zero-order chi connectivity index (χ0) is 14.9. The van der Waals surface area contributed by atoms with Gasteiger partial charge in [-0.1, -0.05) is 22.0 Å². The van der Waals surface area contributed by atoms with Crippen molar-refractivity contribution in [3.05, 3.63) is 45.1 Å². The van der Waals surface area contributed by atoms with Crippen LogP contribution in [0.15, 0.2) is 22.7 Å². The molecule has 1 heterocycles. The van der Waals surface area contributed by atoms with E-state index < -0.39 is 0 Å². The lowest BCUT2D eigenvalue weighted by molar-refractivity contribution is 0.449. The van der Waals surface area contributed by atoms with Gasteiger partial charge in [-0.25, -0.2) is 0 Å². The van der Waals surface area contributed by atoms with E-state index in [0.717, 1.165) is 21.3 Å². The highest BCUT2D eigenvalue weighted by molar-refractivity contribution is 9.10. The number of aromatic nitrogens is 2. The minimum absolute atomic E-state index is 0.0804. The summed E-state index contributed by atoms with van der Waals surface area (Å²) in [5, 5.41) is 15.7. The lowest BCUT2D eigenvalue weighted by atomic mass is 10.1. The molecular weight excluding hydrogens is 320 g/mol. The van der Waals surface area contributed by atoms with Gasteiger partial charge >= 0.3 is 0 Å². The molecule has 0 fully saturated rings. The molecule has 2 aromatic rings. The number of aryl methyl sites for hydroxylation is 2. The first-order chi connectivity index (χ1) is 9.40. The maximum absolute atomic E-state index is 7.70. The molecule has 0 aliphatic rings. The Balaban J connectivity index is 2.51. The van der Waals surface area contributed by atoms with E-state index in [4.69, 9.17) is 15.9 Å². The predicted molar refractivity (Wildman–Crippen MR) is 81.5 cm³/mol. The van der Waals surface area contributed by atoms with Gasteiger partial charge in [0.05, 0.1) is 11.3 Å². The van der Waals surface area contributed by atoms with Crippen LogP contribution < -0.4 is 10.5 Å². The van der Waals surface area contributed by atoms with Gasteiger partial charge in [0.15, 0.2) is 0 Å². The topological polar surface area (TPSA) is 84.9 Å². The molecule has 0 amide bonds. The molecule has 0 saturated heterocycles. The number of nitrogens with one attached hydrogen (secondary N) is 1. The van der Waals surface area contributed by atoms with Gasteiger partial charge in [0.1, 0.15) is 11.6 Å². The molecule has 0 radical (unpaired) electrons. The van der Waals surface area contributed by atoms with E-state index in [9.17, 15) is 0 Å². The van der Waals surface area contributed by atoms with E-state index >= 15 is 0 Å². The van der Waals surface area contributed by atoms with Crippen LogP contribution >= 0.6 is 15.9 Å². The van der Waals surface area contributed by atoms with Gasteiger partial charge in [-0.15, -0.1) is 5.10 Å². The minimum Gasteiger partial charge on any atom is -0.437 e. The maximum Gasteiger partial charge on any atom is 0.250 e. The molecule has 20 heavy (non-hydrogen) atoms. The molecule has 104 valence electrons. The Morgan fingerprint density at radius 3 is 2.60 bits per heavy atom. The molecule has 6 heteroatoms. The summed E-state index contributed by atoms with van der Waals surface area (Å²) in [6.45, 7) is 5.61. The van der Waals surface area contributed by atoms with Crippen molar-refractivity contribution in [2.75, 3.05) is 0 Å². The van der Waals surface area contributed by atoms with Crippen LogP contribution in [0.5, 0.6) is 11.6 Å². The van der Waals surface area contributed by atoms with Crippen LogP contribution in [-0.4, -0.2) is 16.0 Å². The zero-order valence-corrected chi connectivity index (χ0v) is 13.1. The Kier molecular flexibility index (Phi) is 4.04. The first-order valence-corrected chi connectivity index (χ1v) is 6.81. The maximum atomic E-state index is 7.70. The van der Waals surface area contributed by atoms with Crippen LogP contribution in [0.25, 0.3) is 0 Å². The van der Waals surface area contributed by atoms with Crippen molar-refractivity contribution in [1.29, 1.82) is 5.41 Å². The minimum atomic E-state index is -0.0804. The third-order valence-electron chi connectivity index (χ3n) is 3.05. The number of halogens is 1. The van der Waals surface area contributed by atoms with Crippen LogP contribution in [0.1, 0.15) is 22.4 Å². The smallest absolute Gasteiger partial charge is 0.250 e. The molecule has 0 bridgehead atoms. The molecule has 2 rings (SSSR count). The van der Waals surface area contributed by atoms with Crippen molar-refractivity contribution in [2.45, 2.75) is 20.8 Å². The highest BCUT2D eigenvalue weighted by Gasteiger charge is 2.16. The number of rotatable bonds is 3. The summed E-state index contributed by atoms with van der Waals surface area (Å²) in [5.41, 5.74) is 8.61. The van der Waals surface area contributed by atoms with Crippen molar-refractivity contribution < 1.29 is 4.74 Å². The molecule has 1 aromatic carbocycles. The fourth-order valence-electron chi connectivity index (χ4n) is 1.76. The number of benzene rings is 1. The molecule has 0 aliphatic heterocycles. The Morgan fingerprint density at radius 1 is 1.25 bits per heavy atom. The van der Waals surface area contributed by atoms with E-state index in [0.29, 0.717) is 11.3 Å². The molecule has 3 N–H and O–H groups in total. The van der Waals surface area contributed by atoms with E-state index in [1.807, 2.05) is 39.0 Å². The zero-order valence-electron chi connectivity index (χ0n) is 11.5. The number of nitrogen functional groups attached to an aromatic ring is 1. The number of hydrogen-bond donors (Lipinski definition) is 2. The van der Waals surface area contributed by atoms with E-state index in [2.05, 4.69) is 26.1 Å². The van der Waals surface area contributed by atoms with Crippen molar-refractivity contribution in [3.8, 4) is 11.6 Å². The monoisotopic (exact) mass is 334 g/mol. The molecule has 0 atom stereocenters. The number of nitrogens with two attached hydrogens (primary N) is 1. The lowest BCUT2D eigenvalue weighted by Gasteiger charge is -2.13. The summed E-state index contributed by atoms with van der Waals surface area (Å²) in [5.74, 6) is 0.823. The third-order valence-corrected chi connectivity index (χ3v) is 3.54. The Morgan fingerprint density at radius 2 is 1.95 bits per heavy atom. The van der Waals surface area contributed by atoms with E-state index in [1.54, 1.807) is 0 Å². The molecule has 0 spiro atoms. The highest BCUT2D eigenvalue weighted by atomic mass is 79.9. The second kappa shape index (κ2) is 5.58. The predicted octanol–water partition coefficient (Wildman–Crippen LogP) is 3.24. The van der Waals surface area contributed by atoms with Crippen molar-refractivity contribution in [1.82, 2.24) is 10.2 Å². The van der Waals surface area contributed by atoms with Gasteiger partial charge < -0.3 is 10.5 Å². The van der Waals surface area contributed by atoms with Crippen molar-refractivity contribution in [3.63, 3.8) is 0 Å². The van der Waals surface area contributed by atoms with Gasteiger partial charge in [-0.05, 0) is 44.0 Å². The van der Waals surface area contributed by atoms with Crippen LogP contribution in [0.2, 0.25) is 0 Å². The molecule has 5 nitrogen and oxygen atoms in total. The first-order valence-electron chi connectivity index (χ1n) is 6.02. The molecule has 0 unspecified atom stereocenters. The summed E-state index contributed by atoms with van der Waals surface area (Å²) >= 11 is 3.40. The number of hydrogen-bond acceptors (Lipinski definition) is 4. The third kappa shape index (κ3) is 2.80. The second-order valence-electron chi connectivity index (χ2n) is 4.52. The quantitative estimate of drug-likeness (QED) is 0.666. The first kappa shape index (κ1) is 14.5. The summed E-state index contributed by atoms with van der Waals surface area (Å²) in [6.07, 6.45) is 0. The molecule has 0 saturated carbocycles. The summed E-state index contributed by atoms with van der Waals surface area (Å²) in [7, 11) is 0. The Labute approximate surface area is 125 Å². The summed E-state index contributed by atoms with van der Waals surface area (Å²) in [4.78, 5) is 0. The molecular formula is C14H15BrN4O. The van der Waals surface area contributed by atoms with Crippen LogP contribution in [0, 0.1) is 26.2 Å². The number of amidine groups is 1. The van der Waals surface area contributed by atoms with E-state index in [-0.39, 0.29) is 11.7 Å². The van der Waals surface area contributed by atoms with Crippen LogP contribution in [0.3, 0.4) is 0 Å². The fraction of sp³-hybridized carbons (Fsp3) is 0.214. The number of ether oxygens (including phenoxy) is 1.